The third-order valence-electron chi connectivity index (χ3n) is 4.96. The van der Waals surface area contributed by atoms with Gasteiger partial charge in [0.25, 0.3) is 0 Å². The summed E-state index contributed by atoms with van der Waals surface area (Å²) in [6, 6.07) is 14.7. The number of hydrogen-bond donors (Lipinski definition) is 2. The van der Waals surface area contributed by atoms with Crippen molar-refractivity contribution in [3.8, 4) is 6.07 Å². The van der Waals surface area contributed by atoms with E-state index in [0.29, 0.717) is 12.0 Å². The quantitative estimate of drug-likeness (QED) is 0.361. The maximum absolute atomic E-state index is 9.38. The van der Waals surface area contributed by atoms with Crippen molar-refractivity contribution in [2.45, 2.75) is 31.7 Å². The highest BCUT2D eigenvalue weighted by molar-refractivity contribution is 14.0. The number of thiophene rings is 1. The fourth-order valence-corrected chi connectivity index (χ4v) is 4.25. The van der Waals surface area contributed by atoms with Crippen molar-refractivity contribution in [2.24, 2.45) is 4.99 Å². The van der Waals surface area contributed by atoms with Gasteiger partial charge in [0.15, 0.2) is 5.96 Å². The molecule has 1 fully saturated rings. The van der Waals surface area contributed by atoms with Crippen LogP contribution in [0.5, 0.6) is 0 Å². The van der Waals surface area contributed by atoms with E-state index in [0.717, 1.165) is 49.7 Å². The molecule has 5 nitrogen and oxygen atoms in total. The van der Waals surface area contributed by atoms with Crippen molar-refractivity contribution < 1.29 is 0 Å². The topological polar surface area (TPSA) is 63.5 Å². The molecule has 1 aromatic carbocycles. The average Bonchev–Trinajstić information content (AvgIpc) is 3.26. The summed E-state index contributed by atoms with van der Waals surface area (Å²) in [6.45, 7) is 4.94. The van der Waals surface area contributed by atoms with Gasteiger partial charge in [0, 0.05) is 43.5 Å². The lowest BCUT2D eigenvalue weighted by Crippen LogP contribution is -2.51. The SMILES string of the molecule is CN=C(NCC(C)c1cccs1)NC1CCCN(c2ccccc2C#N)C1.I. The van der Waals surface area contributed by atoms with E-state index < -0.39 is 0 Å². The van der Waals surface area contributed by atoms with Crippen LogP contribution >= 0.6 is 35.3 Å². The first-order valence-corrected chi connectivity index (χ1v) is 10.3. The maximum Gasteiger partial charge on any atom is 0.191 e. The molecule has 0 radical (unpaired) electrons. The lowest BCUT2D eigenvalue weighted by atomic mass is 10.0. The Labute approximate surface area is 188 Å². The van der Waals surface area contributed by atoms with Crippen molar-refractivity contribution in [3.05, 3.63) is 52.2 Å². The number of para-hydroxylation sites is 1. The molecule has 2 heterocycles. The van der Waals surface area contributed by atoms with Crippen LogP contribution in [-0.4, -0.2) is 38.7 Å². The summed E-state index contributed by atoms with van der Waals surface area (Å²) >= 11 is 1.79. The van der Waals surface area contributed by atoms with E-state index in [1.807, 2.05) is 31.3 Å². The van der Waals surface area contributed by atoms with E-state index in [-0.39, 0.29) is 24.0 Å². The highest BCUT2D eigenvalue weighted by Gasteiger charge is 2.22. The Hall–Kier alpha value is -1.79. The van der Waals surface area contributed by atoms with Crippen LogP contribution in [0.2, 0.25) is 0 Å². The largest absolute Gasteiger partial charge is 0.368 e. The lowest BCUT2D eigenvalue weighted by molar-refractivity contribution is 0.467. The Kier molecular flexibility index (Phi) is 9.06. The summed E-state index contributed by atoms with van der Waals surface area (Å²) in [5.74, 6) is 1.30. The smallest absolute Gasteiger partial charge is 0.191 e. The third-order valence-corrected chi connectivity index (χ3v) is 6.06. The number of nitriles is 1. The Bertz CT molecular complexity index is 799. The van der Waals surface area contributed by atoms with E-state index in [4.69, 9.17) is 0 Å². The summed E-state index contributed by atoms with van der Waals surface area (Å²) in [5.41, 5.74) is 1.77. The fraction of sp³-hybridized carbons (Fsp3) is 0.429. The molecule has 0 amide bonds. The van der Waals surface area contributed by atoms with Gasteiger partial charge >= 0.3 is 0 Å². The number of piperidine rings is 1. The Balaban J connectivity index is 0.00000280. The molecule has 0 aliphatic carbocycles. The second-order valence-electron chi connectivity index (χ2n) is 6.93. The van der Waals surface area contributed by atoms with Gasteiger partial charge < -0.3 is 15.5 Å². The van der Waals surface area contributed by atoms with Crippen LogP contribution in [-0.2, 0) is 0 Å². The molecule has 1 aliphatic rings. The lowest BCUT2D eigenvalue weighted by Gasteiger charge is -2.36. The van der Waals surface area contributed by atoms with Crippen molar-refractivity contribution in [1.29, 1.82) is 5.26 Å². The summed E-state index contributed by atoms with van der Waals surface area (Å²) in [6.07, 6.45) is 2.20. The zero-order valence-electron chi connectivity index (χ0n) is 16.4. The number of guanidine groups is 1. The van der Waals surface area contributed by atoms with E-state index in [2.05, 4.69) is 51.0 Å². The van der Waals surface area contributed by atoms with Gasteiger partial charge in [0.2, 0.25) is 0 Å². The van der Waals surface area contributed by atoms with Crippen LogP contribution in [0.15, 0.2) is 46.8 Å². The Morgan fingerprint density at radius 1 is 1.36 bits per heavy atom. The standard InChI is InChI=1S/C21H27N5S.HI/c1-16(20-10-6-12-27-20)14-24-21(23-2)25-18-8-5-11-26(15-18)19-9-4-3-7-17(19)13-22;/h3-4,6-7,9-10,12,16,18H,5,8,11,14-15H2,1-2H3,(H2,23,24,25);1H. The van der Waals surface area contributed by atoms with Crippen LogP contribution in [0.25, 0.3) is 0 Å². The van der Waals surface area contributed by atoms with E-state index in [1.165, 1.54) is 4.88 Å². The molecule has 28 heavy (non-hydrogen) atoms. The van der Waals surface area contributed by atoms with Crippen LogP contribution in [0.1, 0.15) is 36.1 Å². The van der Waals surface area contributed by atoms with Crippen molar-refractivity contribution >= 4 is 47.0 Å². The minimum atomic E-state index is 0. The average molecular weight is 509 g/mol. The van der Waals surface area contributed by atoms with Gasteiger partial charge in [-0.25, -0.2) is 0 Å². The number of halogens is 1. The third kappa shape index (κ3) is 5.85. The number of aliphatic imine (C=N–C) groups is 1. The van der Waals surface area contributed by atoms with Gasteiger partial charge in [-0.1, -0.05) is 25.1 Å². The molecule has 2 unspecified atom stereocenters. The van der Waals surface area contributed by atoms with E-state index >= 15 is 0 Å². The van der Waals surface area contributed by atoms with Crippen LogP contribution in [0.3, 0.4) is 0 Å². The second kappa shape index (κ2) is 11.3. The normalized spacial score (nSPS) is 18.0. The molecule has 0 bridgehead atoms. The van der Waals surface area contributed by atoms with Gasteiger partial charge in [-0.2, -0.15) is 5.26 Å². The van der Waals surface area contributed by atoms with Gasteiger partial charge in [-0.15, -0.1) is 35.3 Å². The molecule has 1 aliphatic heterocycles. The number of benzene rings is 1. The monoisotopic (exact) mass is 509 g/mol. The first-order valence-electron chi connectivity index (χ1n) is 9.46. The summed E-state index contributed by atoms with van der Waals surface area (Å²) in [4.78, 5) is 8.08. The minimum absolute atomic E-state index is 0. The van der Waals surface area contributed by atoms with Gasteiger partial charge in [-0.3, -0.25) is 4.99 Å². The molecule has 2 aromatic rings. The highest BCUT2D eigenvalue weighted by atomic mass is 127. The van der Waals surface area contributed by atoms with Crippen LogP contribution in [0.4, 0.5) is 5.69 Å². The molecular weight excluding hydrogens is 481 g/mol. The molecule has 0 spiro atoms. The predicted molar refractivity (Wildman–Crippen MR) is 129 cm³/mol. The molecule has 2 N–H and O–H groups in total. The summed E-state index contributed by atoms with van der Waals surface area (Å²) < 4.78 is 0. The van der Waals surface area contributed by atoms with Gasteiger partial charge in [0.05, 0.1) is 11.3 Å². The van der Waals surface area contributed by atoms with Crippen molar-refractivity contribution in [1.82, 2.24) is 10.6 Å². The van der Waals surface area contributed by atoms with Gasteiger partial charge in [0.1, 0.15) is 6.07 Å². The fourth-order valence-electron chi connectivity index (χ4n) is 3.47. The molecule has 3 rings (SSSR count). The zero-order valence-corrected chi connectivity index (χ0v) is 19.5. The first kappa shape index (κ1) is 22.5. The Morgan fingerprint density at radius 2 is 2.18 bits per heavy atom. The number of hydrogen-bond acceptors (Lipinski definition) is 4. The highest BCUT2D eigenvalue weighted by Crippen LogP contribution is 2.24. The first-order chi connectivity index (χ1) is 13.2. The summed E-state index contributed by atoms with van der Waals surface area (Å²) in [5, 5.41) is 18.5. The molecule has 1 saturated heterocycles. The Morgan fingerprint density at radius 3 is 2.89 bits per heavy atom. The number of nitrogens with one attached hydrogen (secondary N) is 2. The molecule has 0 saturated carbocycles. The van der Waals surface area contributed by atoms with E-state index in [1.54, 1.807) is 11.3 Å². The van der Waals surface area contributed by atoms with Crippen LogP contribution in [0, 0.1) is 11.3 Å². The molecule has 7 heteroatoms. The number of rotatable bonds is 5. The predicted octanol–water partition coefficient (Wildman–Crippen LogP) is 4.18. The molecule has 1 aromatic heterocycles. The maximum atomic E-state index is 9.38. The van der Waals surface area contributed by atoms with E-state index in [9.17, 15) is 5.26 Å². The van der Waals surface area contributed by atoms with Crippen LogP contribution < -0.4 is 15.5 Å². The van der Waals surface area contributed by atoms with Crippen molar-refractivity contribution in [2.75, 3.05) is 31.6 Å². The molecular formula is C21H28IN5S. The summed E-state index contributed by atoms with van der Waals surface area (Å²) in [7, 11) is 1.82. The number of nitrogens with zero attached hydrogens (tertiary/aromatic N) is 3. The second-order valence-corrected chi connectivity index (χ2v) is 7.91. The molecule has 150 valence electrons. The van der Waals surface area contributed by atoms with Gasteiger partial charge in [-0.05, 0) is 36.4 Å². The number of anilines is 1. The molecule has 2 atom stereocenters. The minimum Gasteiger partial charge on any atom is -0.368 e. The zero-order chi connectivity index (χ0) is 19.1. The van der Waals surface area contributed by atoms with Crippen molar-refractivity contribution in [3.63, 3.8) is 0 Å².